The molecule has 0 saturated carbocycles. The monoisotopic (exact) mass is 439 g/mol. The van der Waals surface area contributed by atoms with Crippen LogP contribution < -0.4 is 10.1 Å². The van der Waals surface area contributed by atoms with Crippen LogP contribution in [0.3, 0.4) is 0 Å². The van der Waals surface area contributed by atoms with Crippen LogP contribution in [0, 0.1) is 0 Å². The number of ether oxygens (including phenoxy) is 1. The Bertz CT molecular complexity index is 1200. The maximum Gasteiger partial charge on any atom is 0.259 e. The number of para-hydroxylation sites is 1. The normalized spacial score (nSPS) is 10.8. The van der Waals surface area contributed by atoms with Crippen molar-refractivity contribution >= 4 is 23.2 Å². The highest BCUT2D eigenvalue weighted by Gasteiger charge is 2.17. The van der Waals surface area contributed by atoms with Crippen molar-refractivity contribution in [2.75, 3.05) is 5.32 Å². The molecular weight excluding hydrogens is 421 g/mol. The van der Waals surface area contributed by atoms with E-state index in [1.54, 1.807) is 48.3 Å². The van der Waals surface area contributed by atoms with Crippen molar-refractivity contribution in [3.05, 3.63) is 88.8 Å². The number of aromatic nitrogens is 4. The Morgan fingerprint density at radius 2 is 1.90 bits per heavy atom. The number of benzene rings is 2. The van der Waals surface area contributed by atoms with E-state index in [4.69, 9.17) is 16.3 Å². The number of carbonyl (C=O) groups is 1. The molecule has 2 aromatic heterocycles. The van der Waals surface area contributed by atoms with Crippen LogP contribution >= 0.6 is 11.6 Å². The fourth-order valence-corrected chi connectivity index (χ4v) is 3.18. The molecule has 0 unspecified atom stereocenters. The van der Waals surface area contributed by atoms with Gasteiger partial charge in [-0.25, -0.2) is 9.07 Å². The van der Waals surface area contributed by atoms with Gasteiger partial charge in [-0.1, -0.05) is 29.8 Å². The lowest BCUT2D eigenvalue weighted by Gasteiger charge is -2.11. The van der Waals surface area contributed by atoms with Gasteiger partial charge in [-0.2, -0.15) is 5.10 Å². The molecule has 1 N–H and O–H groups in total. The minimum atomic E-state index is -0.815. The maximum atomic E-state index is 13.1. The third-order valence-corrected chi connectivity index (χ3v) is 4.83. The summed E-state index contributed by atoms with van der Waals surface area (Å²) in [5.74, 6) is 0.00303. The summed E-state index contributed by atoms with van der Waals surface area (Å²) in [6.07, 6.45) is 3.28. The highest BCUT2D eigenvalue weighted by atomic mass is 35.5. The van der Waals surface area contributed by atoms with Gasteiger partial charge in [0.05, 0.1) is 11.3 Å². The second-order valence-corrected chi connectivity index (χ2v) is 7.21. The van der Waals surface area contributed by atoms with E-state index in [2.05, 4.69) is 15.5 Å². The van der Waals surface area contributed by atoms with Gasteiger partial charge in [0.15, 0.2) is 0 Å². The summed E-state index contributed by atoms with van der Waals surface area (Å²) in [5, 5.41) is 11.8. The zero-order chi connectivity index (χ0) is 21.8. The van der Waals surface area contributed by atoms with Crippen LogP contribution in [0.5, 0.6) is 5.88 Å². The molecule has 158 valence electrons. The van der Waals surface area contributed by atoms with Gasteiger partial charge in [-0.3, -0.25) is 9.48 Å². The second-order valence-electron chi connectivity index (χ2n) is 6.77. The number of rotatable bonds is 7. The van der Waals surface area contributed by atoms with E-state index < -0.39 is 12.6 Å². The standard InChI is InChI=1S/C22H19ClFN5O2/c1-28-13-18(20(12-24)26-28)22(30)25-19-5-3-2-4-15(19)14-31-21-10-11-29(27-21)17-8-6-16(23)7-9-17/h2-11,13H,12,14H2,1H3,(H,25,30). The highest BCUT2D eigenvalue weighted by Crippen LogP contribution is 2.21. The van der Waals surface area contributed by atoms with Crippen LogP contribution in [-0.2, 0) is 20.3 Å². The molecule has 4 rings (SSSR count). The second kappa shape index (κ2) is 9.01. The summed E-state index contributed by atoms with van der Waals surface area (Å²) in [6, 6.07) is 16.3. The summed E-state index contributed by atoms with van der Waals surface area (Å²) in [4.78, 5) is 12.6. The van der Waals surface area contributed by atoms with Gasteiger partial charge in [-0.05, 0) is 30.3 Å². The smallest absolute Gasteiger partial charge is 0.259 e. The fourth-order valence-electron chi connectivity index (χ4n) is 3.05. The Labute approximate surface area is 183 Å². The molecule has 0 aliphatic carbocycles. The first-order valence-corrected chi connectivity index (χ1v) is 9.83. The zero-order valence-electron chi connectivity index (χ0n) is 16.6. The predicted octanol–water partition coefficient (Wildman–Crippen LogP) is 4.56. The van der Waals surface area contributed by atoms with Crippen LogP contribution in [0.25, 0.3) is 5.69 Å². The molecule has 0 radical (unpaired) electrons. The molecule has 7 nitrogen and oxygen atoms in total. The highest BCUT2D eigenvalue weighted by molar-refractivity contribution is 6.30. The van der Waals surface area contributed by atoms with Gasteiger partial charge < -0.3 is 10.1 Å². The average molecular weight is 440 g/mol. The number of halogens is 2. The summed E-state index contributed by atoms with van der Waals surface area (Å²) < 4.78 is 22.0. The number of amides is 1. The van der Waals surface area contributed by atoms with Crippen LogP contribution in [0.1, 0.15) is 21.6 Å². The Morgan fingerprint density at radius 3 is 2.68 bits per heavy atom. The minimum Gasteiger partial charge on any atom is -0.472 e. The Morgan fingerprint density at radius 1 is 1.13 bits per heavy atom. The van der Waals surface area contributed by atoms with Crippen molar-refractivity contribution < 1.29 is 13.9 Å². The van der Waals surface area contributed by atoms with E-state index in [1.165, 1.54) is 10.9 Å². The number of alkyl halides is 1. The van der Waals surface area contributed by atoms with Gasteiger partial charge in [0.25, 0.3) is 5.91 Å². The fraction of sp³-hybridized carbons (Fsp3) is 0.136. The Kier molecular flexibility index (Phi) is 5.99. The van der Waals surface area contributed by atoms with Crippen molar-refractivity contribution in [1.82, 2.24) is 19.6 Å². The summed E-state index contributed by atoms with van der Waals surface area (Å²) in [5.41, 5.74) is 2.47. The lowest BCUT2D eigenvalue weighted by atomic mass is 10.1. The Hall–Kier alpha value is -3.65. The molecule has 0 bridgehead atoms. The van der Waals surface area contributed by atoms with E-state index >= 15 is 0 Å². The lowest BCUT2D eigenvalue weighted by molar-refractivity contribution is 0.102. The van der Waals surface area contributed by atoms with E-state index in [9.17, 15) is 9.18 Å². The van der Waals surface area contributed by atoms with Crippen molar-refractivity contribution in [1.29, 1.82) is 0 Å². The van der Waals surface area contributed by atoms with E-state index in [-0.39, 0.29) is 17.9 Å². The van der Waals surface area contributed by atoms with Gasteiger partial charge in [-0.15, -0.1) is 5.10 Å². The number of hydrogen-bond donors (Lipinski definition) is 1. The van der Waals surface area contributed by atoms with Crippen LogP contribution in [0.15, 0.2) is 67.0 Å². The number of anilines is 1. The number of aryl methyl sites for hydroxylation is 1. The van der Waals surface area contributed by atoms with Gasteiger partial charge in [0.2, 0.25) is 5.88 Å². The first-order valence-electron chi connectivity index (χ1n) is 9.45. The molecule has 0 spiro atoms. The largest absolute Gasteiger partial charge is 0.472 e. The molecule has 0 atom stereocenters. The van der Waals surface area contributed by atoms with Crippen molar-refractivity contribution in [2.24, 2.45) is 7.05 Å². The molecule has 1 amide bonds. The third-order valence-electron chi connectivity index (χ3n) is 4.57. The molecule has 2 heterocycles. The number of nitrogens with zero attached hydrogens (tertiary/aromatic N) is 4. The molecule has 0 saturated heterocycles. The lowest BCUT2D eigenvalue weighted by Crippen LogP contribution is -2.15. The summed E-state index contributed by atoms with van der Waals surface area (Å²) in [7, 11) is 1.64. The van der Waals surface area contributed by atoms with Crippen molar-refractivity contribution in [3.8, 4) is 11.6 Å². The summed E-state index contributed by atoms with van der Waals surface area (Å²) >= 11 is 5.92. The Balaban J connectivity index is 1.46. The first-order chi connectivity index (χ1) is 15.0. The topological polar surface area (TPSA) is 74.0 Å². The van der Waals surface area contributed by atoms with E-state index in [0.29, 0.717) is 16.6 Å². The quantitative estimate of drug-likeness (QED) is 0.458. The van der Waals surface area contributed by atoms with Crippen LogP contribution in [0.2, 0.25) is 5.02 Å². The third kappa shape index (κ3) is 4.75. The van der Waals surface area contributed by atoms with Gasteiger partial charge in [0.1, 0.15) is 19.0 Å². The number of hydrogen-bond acceptors (Lipinski definition) is 4. The molecule has 0 aliphatic rings. The molecule has 31 heavy (non-hydrogen) atoms. The molecule has 0 fully saturated rings. The molecular formula is C22H19ClFN5O2. The van der Waals surface area contributed by atoms with E-state index in [0.717, 1.165) is 11.3 Å². The molecule has 0 aliphatic heterocycles. The van der Waals surface area contributed by atoms with Crippen molar-refractivity contribution in [3.63, 3.8) is 0 Å². The zero-order valence-corrected chi connectivity index (χ0v) is 17.4. The molecule has 4 aromatic rings. The van der Waals surface area contributed by atoms with Crippen LogP contribution in [-0.4, -0.2) is 25.5 Å². The molecule has 9 heteroatoms. The minimum absolute atomic E-state index is 0.0986. The van der Waals surface area contributed by atoms with E-state index in [1.807, 2.05) is 24.3 Å². The SMILES string of the molecule is Cn1cc(C(=O)Nc2ccccc2COc2ccn(-c3ccc(Cl)cc3)n2)c(CF)n1. The van der Waals surface area contributed by atoms with Crippen LogP contribution in [0.4, 0.5) is 10.1 Å². The average Bonchev–Trinajstić information content (AvgIpc) is 3.40. The van der Waals surface area contributed by atoms with Gasteiger partial charge in [0, 0.05) is 41.8 Å². The molecule has 2 aromatic carbocycles. The predicted molar refractivity (Wildman–Crippen MR) is 115 cm³/mol. The van der Waals surface area contributed by atoms with Gasteiger partial charge >= 0.3 is 0 Å². The number of carbonyl (C=O) groups excluding carboxylic acids is 1. The number of nitrogens with one attached hydrogen (secondary N) is 1. The maximum absolute atomic E-state index is 13.1. The summed E-state index contributed by atoms with van der Waals surface area (Å²) in [6.45, 7) is -0.623. The van der Waals surface area contributed by atoms with Crippen molar-refractivity contribution in [2.45, 2.75) is 13.3 Å². The first kappa shape index (κ1) is 20.6.